The number of alkyl halides is 2. The molecule has 0 saturated carbocycles. The van der Waals surface area contributed by atoms with E-state index in [9.17, 15) is 9.18 Å². The Morgan fingerprint density at radius 2 is 2.58 bits per heavy atom. The van der Waals surface area contributed by atoms with Crippen LogP contribution in [-0.4, -0.2) is 28.8 Å². The molecule has 0 aliphatic carbocycles. The van der Waals surface area contributed by atoms with Crippen molar-refractivity contribution in [3.8, 4) is 0 Å². The molecule has 0 fully saturated rings. The van der Waals surface area contributed by atoms with Crippen molar-refractivity contribution in [1.29, 1.82) is 0 Å². The van der Waals surface area contributed by atoms with E-state index in [0.29, 0.717) is 5.69 Å². The third-order valence-electron chi connectivity index (χ3n) is 1.39. The Kier molecular flexibility index (Phi) is 2.65. The van der Waals surface area contributed by atoms with Gasteiger partial charge in [-0.2, -0.15) is 5.10 Å². The monoisotopic (exact) mass is 191 g/mol. The second-order valence-electron chi connectivity index (χ2n) is 2.15. The van der Waals surface area contributed by atoms with Crippen molar-refractivity contribution in [2.75, 3.05) is 11.9 Å². The van der Waals surface area contributed by atoms with Gasteiger partial charge in [-0.25, -0.2) is 4.39 Å². The van der Waals surface area contributed by atoms with E-state index in [1.165, 1.54) is 19.4 Å². The van der Waals surface area contributed by atoms with Crippen molar-refractivity contribution in [3.05, 3.63) is 12.4 Å². The lowest BCUT2D eigenvalue weighted by Gasteiger charge is -2.13. The first-order valence-corrected chi connectivity index (χ1v) is 3.61. The Morgan fingerprint density at radius 1 is 1.92 bits per heavy atom. The van der Waals surface area contributed by atoms with Crippen LogP contribution in [0.2, 0.25) is 0 Å². The highest BCUT2D eigenvalue weighted by Crippen LogP contribution is 2.12. The summed E-state index contributed by atoms with van der Waals surface area (Å²) >= 11 is 4.95. The topological polar surface area (TPSA) is 49.0 Å². The van der Waals surface area contributed by atoms with Gasteiger partial charge >= 0.3 is 0 Å². The summed E-state index contributed by atoms with van der Waals surface area (Å²) in [5.41, 5.74) is -1.53. The van der Waals surface area contributed by atoms with Gasteiger partial charge < -0.3 is 4.90 Å². The van der Waals surface area contributed by atoms with E-state index in [1.807, 2.05) is 0 Å². The van der Waals surface area contributed by atoms with Crippen LogP contribution in [0.3, 0.4) is 0 Å². The van der Waals surface area contributed by atoms with Crippen molar-refractivity contribution in [2.45, 2.75) is 5.63 Å². The molecule has 6 heteroatoms. The highest BCUT2D eigenvalue weighted by atomic mass is 35.5. The number of nitrogens with one attached hydrogen (secondary N) is 1. The molecule has 1 unspecified atom stereocenters. The zero-order valence-corrected chi connectivity index (χ0v) is 7.05. The lowest BCUT2D eigenvalue weighted by molar-refractivity contribution is -0.120. The van der Waals surface area contributed by atoms with Gasteiger partial charge in [0.25, 0.3) is 11.5 Å². The van der Waals surface area contributed by atoms with Crippen molar-refractivity contribution >= 4 is 23.2 Å². The van der Waals surface area contributed by atoms with Crippen LogP contribution in [0.25, 0.3) is 0 Å². The largest absolute Gasteiger partial charge is 0.309 e. The first-order valence-electron chi connectivity index (χ1n) is 3.17. The van der Waals surface area contributed by atoms with Crippen LogP contribution in [0, 0.1) is 0 Å². The second kappa shape index (κ2) is 3.53. The molecule has 1 heterocycles. The predicted molar refractivity (Wildman–Crippen MR) is 42.7 cm³/mol. The van der Waals surface area contributed by atoms with Crippen molar-refractivity contribution in [2.24, 2.45) is 0 Å². The van der Waals surface area contributed by atoms with E-state index in [1.54, 1.807) is 0 Å². The molecule has 0 aliphatic heterocycles. The zero-order chi connectivity index (χ0) is 9.14. The summed E-state index contributed by atoms with van der Waals surface area (Å²) in [6, 6.07) is 0. The van der Waals surface area contributed by atoms with Gasteiger partial charge in [0.2, 0.25) is 0 Å². The number of halogens is 2. The highest BCUT2D eigenvalue weighted by molar-refractivity contribution is 6.31. The minimum Gasteiger partial charge on any atom is -0.309 e. The standard InChI is InChI=1S/C6H7ClFN3O/c1-11(6(12)5(7)8)4-2-9-10-3-4/h2-3,5H,1H3,(H,9,10). The quantitative estimate of drug-likeness (QED) is 0.707. The molecular formula is C6H7ClFN3O. The van der Waals surface area contributed by atoms with Gasteiger partial charge in [0.1, 0.15) is 0 Å². The molecule has 1 aromatic rings. The summed E-state index contributed by atoms with van der Waals surface area (Å²) in [5.74, 6) is -0.807. The first-order chi connectivity index (χ1) is 5.63. The number of hydrogen-bond donors (Lipinski definition) is 1. The van der Waals surface area contributed by atoms with E-state index in [0.717, 1.165) is 4.90 Å². The molecule has 1 amide bonds. The van der Waals surface area contributed by atoms with E-state index in [-0.39, 0.29) is 0 Å². The van der Waals surface area contributed by atoms with Gasteiger partial charge in [-0.3, -0.25) is 9.89 Å². The normalized spacial score (nSPS) is 12.6. The Balaban J connectivity index is 2.72. The van der Waals surface area contributed by atoms with Gasteiger partial charge in [0.15, 0.2) is 0 Å². The number of carbonyl (C=O) groups excluding carboxylic acids is 1. The van der Waals surface area contributed by atoms with E-state index in [2.05, 4.69) is 10.2 Å². The smallest absolute Gasteiger partial charge is 0.276 e. The minimum atomic E-state index is -2.01. The molecule has 4 nitrogen and oxygen atoms in total. The third kappa shape index (κ3) is 1.73. The Labute approximate surface area is 73.3 Å². The molecule has 0 aromatic carbocycles. The van der Waals surface area contributed by atoms with Gasteiger partial charge in [0, 0.05) is 13.2 Å². The molecule has 0 radical (unpaired) electrons. The van der Waals surface area contributed by atoms with Crippen LogP contribution >= 0.6 is 11.6 Å². The van der Waals surface area contributed by atoms with Crippen molar-refractivity contribution in [1.82, 2.24) is 10.2 Å². The van der Waals surface area contributed by atoms with E-state index < -0.39 is 11.5 Å². The fourth-order valence-corrected chi connectivity index (χ4v) is 0.848. The van der Waals surface area contributed by atoms with Crippen LogP contribution in [0.15, 0.2) is 12.4 Å². The summed E-state index contributed by atoms with van der Waals surface area (Å²) in [7, 11) is 1.42. The second-order valence-corrected chi connectivity index (χ2v) is 2.54. The van der Waals surface area contributed by atoms with Crippen LogP contribution in [0.5, 0.6) is 0 Å². The molecule has 1 atom stereocenters. The third-order valence-corrected chi connectivity index (χ3v) is 1.58. The number of aromatic nitrogens is 2. The van der Waals surface area contributed by atoms with Crippen LogP contribution < -0.4 is 4.90 Å². The maximum absolute atomic E-state index is 12.3. The predicted octanol–water partition coefficient (Wildman–Crippen LogP) is 0.907. The Bertz CT molecular complexity index is 262. The Morgan fingerprint density at radius 3 is 3.00 bits per heavy atom. The fourth-order valence-electron chi connectivity index (χ4n) is 0.701. The minimum absolute atomic E-state index is 0.475. The number of H-pyrrole nitrogens is 1. The zero-order valence-electron chi connectivity index (χ0n) is 6.29. The lowest BCUT2D eigenvalue weighted by atomic mass is 10.4. The summed E-state index contributed by atoms with van der Waals surface area (Å²) < 4.78 is 12.3. The number of anilines is 1. The molecule has 12 heavy (non-hydrogen) atoms. The summed E-state index contributed by atoms with van der Waals surface area (Å²) in [5, 5.41) is 6.10. The maximum atomic E-state index is 12.3. The van der Waals surface area contributed by atoms with E-state index >= 15 is 0 Å². The SMILES string of the molecule is CN(C(=O)C(F)Cl)c1cn[nH]c1. The average molecular weight is 192 g/mol. The lowest BCUT2D eigenvalue weighted by Crippen LogP contribution is -2.31. The summed E-state index contributed by atoms with van der Waals surface area (Å²) in [6.07, 6.45) is 2.87. The first kappa shape index (κ1) is 8.99. The molecule has 0 bridgehead atoms. The summed E-state index contributed by atoms with van der Waals surface area (Å²) in [6.45, 7) is 0. The number of carbonyl (C=O) groups is 1. The maximum Gasteiger partial charge on any atom is 0.276 e. The van der Waals surface area contributed by atoms with Gasteiger partial charge in [-0.15, -0.1) is 0 Å². The highest BCUT2D eigenvalue weighted by Gasteiger charge is 2.19. The fraction of sp³-hybridized carbons (Fsp3) is 0.333. The molecule has 1 N–H and O–H groups in total. The number of rotatable bonds is 2. The Hall–Kier alpha value is -1.10. The van der Waals surface area contributed by atoms with Crippen molar-refractivity contribution in [3.63, 3.8) is 0 Å². The number of hydrogen-bond acceptors (Lipinski definition) is 2. The number of nitrogens with zero attached hydrogens (tertiary/aromatic N) is 2. The average Bonchev–Trinajstić information content (AvgIpc) is 2.53. The van der Waals surface area contributed by atoms with Gasteiger partial charge in [-0.1, -0.05) is 11.6 Å². The van der Waals surface area contributed by atoms with Crippen molar-refractivity contribution < 1.29 is 9.18 Å². The molecular weight excluding hydrogens is 185 g/mol. The molecule has 1 rings (SSSR count). The van der Waals surface area contributed by atoms with Crippen LogP contribution in [0.1, 0.15) is 0 Å². The van der Waals surface area contributed by atoms with Crippen LogP contribution in [-0.2, 0) is 4.79 Å². The van der Waals surface area contributed by atoms with Crippen LogP contribution in [0.4, 0.5) is 10.1 Å². The van der Waals surface area contributed by atoms with Gasteiger partial charge in [-0.05, 0) is 0 Å². The molecule has 1 aromatic heterocycles. The molecule has 0 spiro atoms. The van der Waals surface area contributed by atoms with Gasteiger partial charge in [0.05, 0.1) is 11.9 Å². The van der Waals surface area contributed by atoms with E-state index in [4.69, 9.17) is 11.6 Å². The molecule has 0 saturated heterocycles. The molecule has 0 aliphatic rings. The summed E-state index contributed by atoms with van der Waals surface area (Å²) in [4.78, 5) is 12.0. The number of aromatic amines is 1. The number of amides is 1. The molecule has 66 valence electrons.